The topological polar surface area (TPSA) is 169 Å². The van der Waals surface area contributed by atoms with Crippen LogP contribution in [0.4, 0.5) is 11.4 Å². The Kier molecular flexibility index (Phi) is 9.88. The lowest BCUT2D eigenvalue weighted by molar-refractivity contribution is -0.385. The fourth-order valence-electron chi connectivity index (χ4n) is 2.67. The van der Waals surface area contributed by atoms with Crippen molar-refractivity contribution >= 4 is 35.5 Å². The number of anilines is 1. The molecule has 0 unspecified atom stereocenters. The summed E-state index contributed by atoms with van der Waals surface area (Å²) in [7, 11) is 4.09. The fraction of sp³-hybridized carbons (Fsp3) is 0.0870. The number of carboxylic acid groups (broad SMARTS) is 2. The van der Waals surface area contributed by atoms with Gasteiger partial charge in [0.25, 0.3) is 5.69 Å². The van der Waals surface area contributed by atoms with Crippen molar-refractivity contribution in [2.24, 2.45) is 0 Å². The monoisotopic (exact) mass is 453 g/mol. The van der Waals surface area contributed by atoms with E-state index in [4.69, 9.17) is 5.11 Å². The summed E-state index contributed by atoms with van der Waals surface area (Å²) in [5.41, 5.74) is 1.27. The number of nitrogens with zero attached hydrogens (tertiary/aromatic N) is 2. The molecule has 0 spiro atoms. The van der Waals surface area contributed by atoms with Gasteiger partial charge in [0, 0.05) is 43.5 Å². The summed E-state index contributed by atoms with van der Waals surface area (Å²) in [5.74, 6) is -3.45. The van der Waals surface area contributed by atoms with Crippen LogP contribution in [0.15, 0.2) is 67.0 Å². The van der Waals surface area contributed by atoms with E-state index in [9.17, 15) is 24.8 Å². The summed E-state index contributed by atoms with van der Waals surface area (Å²) in [4.78, 5) is 35.7. The standard InChI is InChI=1S/C15H16N2.C8H5NO6.H2O/c1-17(2)15-7-5-13(6-8-15)3-4-14-9-11-16-12-10-14;10-7(11)4-2-1-3-5(9(14)15)6(4)8(12)13;/h3-12H,1-2H3;1-3H,(H,10,11)(H,12,13);1H2/b4-3+;;. The van der Waals surface area contributed by atoms with Crippen molar-refractivity contribution in [1.29, 1.82) is 0 Å². The number of aromatic amines is 1. The third-order valence-corrected chi connectivity index (χ3v) is 4.29. The van der Waals surface area contributed by atoms with Crippen LogP contribution in [-0.4, -0.2) is 41.5 Å². The van der Waals surface area contributed by atoms with Crippen LogP contribution in [0.5, 0.6) is 0 Å². The number of aromatic nitrogens is 1. The normalized spacial score (nSPS) is 9.88. The molecule has 0 saturated heterocycles. The van der Waals surface area contributed by atoms with Crippen molar-refractivity contribution in [2.75, 3.05) is 19.0 Å². The zero-order valence-electron chi connectivity index (χ0n) is 17.9. The molecule has 3 rings (SSSR count). The predicted molar refractivity (Wildman–Crippen MR) is 121 cm³/mol. The average molecular weight is 453 g/mol. The summed E-state index contributed by atoms with van der Waals surface area (Å²) in [6, 6.07) is 15.5. The third kappa shape index (κ3) is 7.56. The van der Waals surface area contributed by atoms with Gasteiger partial charge < -0.3 is 25.4 Å². The first-order valence-corrected chi connectivity index (χ1v) is 9.34. The smallest absolute Gasteiger partial charge is 0.343 e. The Morgan fingerprint density at radius 3 is 1.97 bits per heavy atom. The van der Waals surface area contributed by atoms with Gasteiger partial charge in [0.2, 0.25) is 0 Å². The van der Waals surface area contributed by atoms with E-state index >= 15 is 0 Å². The first-order chi connectivity index (χ1) is 15.2. The van der Waals surface area contributed by atoms with Crippen molar-refractivity contribution in [3.8, 4) is 0 Å². The number of carbonyl (C=O) groups is 2. The summed E-state index contributed by atoms with van der Waals surface area (Å²) in [6.07, 6.45) is 8.08. The molecule has 0 atom stereocenters. The molecule has 2 aromatic carbocycles. The molecule has 0 bridgehead atoms. The maximum Gasteiger partial charge on any atom is 0.343 e. The van der Waals surface area contributed by atoms with Crippen LogP contribution in [0.2, 0.25) is 0 Å². The largest absolute Gasteiger partial charge is 0.545 e. The predicted octanol–water partition coefficient (Wildman–Crippen LogP) is 1.57. The summed E-state index contributed by atoms with van der Waals surface area (Å²) < 4.78 is 0. The van der Waals surface area contributed by atoms with Gasteiger partial charge >= 0.3 is 5.97 Å². The molecule has 3 aromatic rings. The second-order valence-electron chi connectivity index (χ2n) is 6.70. The van der Waals surface area contributed by atoms with E-state index in [1.54, 1.807) is 0 Å². The van der Waals surface area contributed by atoms with Crippen LogP contribution >= 0.6 is 0 Å². The molecule has 0 fully saturated rings. The van der Waals surface area contributed by atoms with E-state index in [0.29, 0.717) is 0 Å². The number of H-pyrrole nitrogens is 1. The lowest BCUT2D eigenvalue weighted by Gasteiger charge is -2.11. The van der Waals surface area contributed by atoms with Crippen molar-refractivity contribution in [2.45, 2.75) is 0 Å². The van der Waals surface area contributed by atoms with Crippen LogP contribution < -0.4 is 15.0 Å². The van der Waals surface area contributed by atoms with Crippen molar-refractivity contribution in [3.63, 3.8) is 0 Å². The first-order valence-electron chi connectivity index (χ1n) is 9.34. The van der Waals surface area contributed by atoms with E-state index in [1.807, 2.05) is 38.6 Å². The molecular weight excluding hydrogens is 430 g/mol. The molecule has 10 nitrogen and oxygen atoms in total. The van der Waals surface area contributed by atoms with Crippen LogP contribution in [0.25, 0.3) is 12.2 Å². The minimum absolute atomic E-state index is 0. The molecule has 0 aliphatic rings. The number of nitrogens with one attached hydrogen (secondary N) is 1. The van der Waals surface area contributed by atoms with Gasteiger partial charge in [-0.3, -0.25) is 10.1 Å². The van der Waals surface area contributed by atoms with Gasteiger partial charge in [-0.05, 0) is 23.3 Å². The molecule has 33 heavy (non-hydrogen) atoms. The number of rotatable bonds is 6. The highest BCUT2D eigenvalue weighted by atomic mass is 16.6. The van der Waals surface area contributed by atoms with Gasteiger partial charge in [-0.1, -0.05) is 36.4 Å². The van der Waals surface area contributed by atoms with E-state index in [2.05, 4.69) is 46.3 Å². The minimum Gasteiger partial charge on any atom is -0.545 e. The molecule has 0 aliphatic carbocycles. The molecule has 0 radical (unpaired) electrons. The number of hydrogen-bond donors (Lipinski definition) is 1. The maximum absolute atomic E-state index is 10.7. The number of carbonyl (C=O) groups excluding carboxylic acids is 1. The van der Waals surface area contributed by atoms with Gasteiger partial charge in [-0.15, -0.1) is 0 Å². The van der Waals surface area contributed by atoms with Gasteiger partial charge in [-0.25, -0.2) is 9.78 Å². The van der Waals surface area contributed by atoms with Gasteiger partial charge in [-0.2, -0.15) is 0 Å². The Labute approximate surface area is 189 Å². The molecule has 1 heterocycles. The molecule has 0 amide bonds. The number of nitro groups is 1. The second kappa shape index (κ2) is 12.3. The number of pyridine rings is 1. The molecule has 0 saturated carbocycles. The maximum atomic E-state index is 10.7. The van der Waals surface area contributed by atoms with E-state index < -0.39 is 33.7 Å². The Balaban J connectivity index is 0.000000323. The van der Waals surface area contributed by atoms with Gasteiger partial charge in [0.1, 0.15) is 5.56 Å². The third-order valence-electron chi connectivity index (χ3n) is 4.29. The van der Waals surface area contributed by atoms with E-state index in [-0.39, 0.29) is 5.48 Å². The molecular formula is C23H23N3O7. The van der Waals surface area contributed by atoms with Crippen LogP contribution in [-0.2, 0) is 0 Å². The lowest BCUT2D eigenvalue weighted by atomic mass is 10.1. The van der Waals surface area contributed by atoms with Crippen LogP contribution in [0.1, 0.15) is 31.8 Å². The summed E-state index contributed by atoms with van der Waals surface area (Å²) in [6.45, 7) is 0. The zero-order valence-corrected chi connectivity index (χ0v) is 17.9. The second-order valence-corrected chi connectivity index (χ2v) is 6.70. The number of benzene rings is 2. The molecule has 0 aliphatic heterocycles. The van der Waals surface area contributed by atoms with Crippen LogP contribution in [0, 0.1) is 10.1 Å². The number of carboxylic acids is 2. The number of hydrogen-bond acceptors (Lipinski definition) is 6. The molecule has 172 valence electrons. The first kappa shape index (κ1) is 26.5. The number of aromatic carboxylic acids is 2. The Hall–Kier alpha value is -4.57. The zero-order chi connectivity index (χ0) is 23.7. The van der Waals surface area contributed by atoms with Crippen molar-refractivity contribution in [1.82, 2.24) is 0 Å². The Bertz CT molecular complexity index is 1100. The van der Waals surface area contributed by atoms with Crippen LogP contribution in [0.3, 0.4) is 0 Å². The molecule has 4 N–H and O–H groups in total. The highest BCUT2D eigenvalue weighted by molar-refractivity contribution is 6.04. The summed E-state index contributed by atoms with van der Waals surface area (Å²) in [5, 5.41) is 29.6. The highest BCUT2D eigenvalue weighted by Gasteiger charge is 2.23. The number of nitro benzene ring substituents is 1. The van der Waals surface area contributed by atoms with Gasteiger partial charge in [0.15, 0.2) is 12.4 Å². The van der Waals surface area contributed by atoms with E-state index in [0.717, 1.165) is 18.2 Å². The fourth-order valence-corrected chi connectivity index (χ4v) is 2.67. The van der Waals surface area contributed by atoms with E-state index in [1.165, 1.54) is 16.8 Å². The SMILES string of the molecule is CN(C)c1ccc(/C=C/c2cc[nH+]cc2)cc1.O.O=C([O-])c1cccc([N+](=O)[O-])c1C(=O)O. The Morgan fingerprint density at radius 1 is 0.970 bits per heavy atom. The Morgan fingerprint density at radius 2 is 1.52 bits per heavy atom. The summed E-state index contributed by atoms with van der Waals surface area (Å²) >= 11 is 0. The molecule has 1 aromatic heterocycles. The van der Waals surface area contributed by atoms with Crippen molar-refractivity contribution in [3.05, 3.63) is 99.4 Å². The highest BCUT2D eigenvalue weighted by Crippen LogP contribution is 2.21. The quantitative estimate of drug-likeness (QED) is 0.436. The minimum atomic E-state index is -1.77. The average Bonchev–Trinajstić information content (AvgIpc) is 2.78. The van der Waals surface area contributed by atoms with Crippen molar-refractivity contribution < 1.29 is 35.2 Å². The lowest BCUT2D eigenvalue weighted by Crippen LogP contribution is -2.25. The molecule has 10 heteroatoms. The van der Waals surface area contributed by atoms with Gasteiger partial charge in [0.05, 0.1) is 10.9 Å².